The predicted octanol–water partition coefficient (Wildman–Crippen LogP) is 3.77. The molecule has 6 heteroatoms. The van der Waals surface area contributed by atoms with E-state index >= 15 is 0 Å². The Morgan fingerprint density at radius 1 is 1.08 bits per heavy atom. The lowest BCUT2D eigenvalue weighted by atomic mass is 10.1. The second kappa shape index (κ2) is 6.94. The Morgan fingerprint density at radius 2 is 1.88 bits per heavy atom. The van der Waals surface area contributed by atoms with Crippen molar-refractivity contribution in [2.45, 2.75) is 19.5 Å². The SMILES string of the molecule is Oc1ccc(CN2CCc3nc(-c4ccc(Cl)cc4)ncc3C2)c(O)c1. The zero-order chi connectivity index (χ0) is 18.1. The lowest BCUT2D eigenvalue weighted by molar-refractivity contribution is 0.239. The number of hydrogen-bond acceptors (Lipinski definition) is 5. The van der Waals surface area contributed by atoms with Crippen LogP contribution in [0, 0.1) is 0 Å². The van der Waals surface area contributed by atoms with Gasteiger partial charge in [0, 0.05) is 60.0 Å². The van der Waals surface area contributed by atoms with Crippen LogP contribution in [0.2, 0.25) is 5.02 Å². The van der Waals surface area contributed by atoms with Crippen LogP contribution in [0.1, 0.15) is 16.8 Å². The van der Waals surface area contributed by atoms with Gasteiger partial charge >= 0.3 is 0 Å². The number of hydrogen-bond donors (Lipinski definition) is 2. The number of aromatic nitrogens is 2. The van der Waals surface area contributed by atoms with Crippen molar-refractivity contribution < 1.29 is 10.2 Å². The van der Waals surface area contributed by atoms with Crippen LogP contribution >= 0.6 is 11.6 Å². The van der Waals surface area contributed by atoms with Gasteiger partial charge in [-0.1, -0.05) is 17.7 Å². The molecule has 0 fully saturated rings. The van der Waals surface area contributed by atoms with Gasteiger partial charge in [-0.2, -0.15) is 0 Å². The van der Waals surface area contributed by atoms with Crippen LogP contribution in [0.5, 0.6) is 11.5 Å². The maximum Gasteiger partial charge on any atom is 0.159 e. The molecule has 3 aromatic rings. The molecule has 1 aliphatic heterocycles. The van der Waals surface area contributed by atoms with Crippen LogP contribution < -0.4 is 0 Å². The smallest absolute Gasteiger partial charge is 0.159 e. The molecule has 2 heterocycles. The molecule has 0 atom stereocenters. The van der Waals surface area contributed by atoms with Crippen LogP contribution in [0.15, 0.2) is 48.7 Å². The number of fused-ring (bicyclic) bond motifs is 1. The molecule has 0 aliphatic carbocycles. The number of nitrogens with zero attached hydrogens (tertiary/aromatic N) is 3. The van der Waals surface area contributed by atoms with E-state index < -0.39 is 0 Å². The van der Waals surface area contributed by atoms with Crippen LogP contribution in [0.4, 0.5) is 0 Å². The topological polar surface area (TPSA) is 69.5 Å². The normalized spacial score (nSPS) is 14.2. The van der Waals surface area contributed by atoms with Crippen molar-refractivity contribution in [2.75, 3.05) is 6.54 Å². The minimum absolute atomic E-state index is 0.0679. The molecule has 0 saturated heterocycles. The highest BCUT2D eigenvalue weighted by Gasteiger charge is 2.20. The van der Waals surface area contributed by atoms with Gasteiger partial charge in [0.25, 0.3) is 0 Å². The second-order valence-electron chi connectivity index (χ2n) is 6.45. The summed E-state index contributed by atoms with van der Waals surface area (Å²) in [7, 11) is 0. The molecule has 0 saturated carbocycles. The fourth-order valence-electron chi connectivity index (χ4n) is 3.17. The van der Waals surface area contributed by atoms with Crippen molar-refractivity contribution in [3.05, 3.63) is 70.5 Å². The molecule has 0 unspecified atom stereocenters. The number of benzene rings is 2. The molecule has 26 heavy (non-hydrogen) atoms. The van der Waals surface area contributed by atoms with E-state index in [0.29, 0.717) is 17.4 Å². The molecular weight excluding hydrogens is 350 g/mol. The summed E-state index contributed by atoms with van der Waals surface area (Å²) in [4.78, 5) is 11.5. The summed E-state index contributed by atoms with van der Waals surface area (Å²) in [6.07, 6.45) is 2.71. The van der Waals surface area contributed by atoms with Crippen molar-refractivity contribution in [3.63, 3.8) is 0 Å². The first-order valence-electron chi connectivity index (χ1n) is 8.42. The Hall–Kier alpha value is -2.63. The van der Waals surface area contributed by atoms with Crippen molar-refractivity contribution in [1.29, 1.82) is 0 Å². The lowest BCUT2D eigenvalue weighted by Crippen LogP contribution is -2.31. The molecule has 5 nitrogen and oxygen atoms in total. The van der Waals surface area contributed by atoms with E-state index in [1.807, 2.05) is 30.5 Å². The van der Waals surface area contributed by atoms with E-state index in [9.17, 15) is 10.2 Å². The van der Waals surface area contributed by atoms with Gasteiger partial charge in [0.05, 0.1) is 5.69 Å². The van der Waals surface area contributed by atoms with Crippen molar-refractivity contribution >= 4 is 11.6 Å². The average Bonchev–Trinajstić information content (AvgIpc) is 2.64. The van der Waals surface area contributed by atoms with E-state index in [-0.39, 0.29) is 11.5 Å². The second-order valence-corrected chi connectivity index (χ2v) is 6.88. The molecule has 132 valence electrons. The minimum Gasteiger partial charge on any atom is -0.508 e. The third kappa shape index (κ3) is 3.49. The largest absolute Gasteiger partial charge is 0.508 e. The van der Waals surface area contributed by atoms with Gasteiger partial charge in [-0.25, -0.2) is 9.97 Å². The molecule has 0 spiro atoms. The van der Waals surface area contributed by atoms with Gasteiger partial charge in [-0.05, 0) is 30.3 Å². The highest BCUT2D eigenvalue weighted by molar-refractivity contribution is 6.30. The van der Waals surface area contributed by atoms with Crippen molar-refractivity contribution in [1.82, 2.24) is 14.9 Å². The van der Waals surface area contributed by atoms with Crippen LogP contribution in [0.3, 0.4) is 0 Å². The number of phenolic OH excluding ortho intramolecular Hbond substituents is 2. The van der Waals surface area contributed by atoms with Gasteiger partial charge < -0.3 is 10.2 Å². The first-order valence-corrected chi connectivity index (χ1v) is 8.80. The summed E-state index contributed by atoms with van der Waals surface area (Å²) in [5.41, 5.74) is 3.92. The summed E-state index contributed by atoms with van der Waals surface area (Å²) >= 11 is 5.94. The van der Waals surface area contributed by atoms with E-state index in [2.05, 4.69) is 9.88 Å². The maximum absolute atomic E-state index is 9.98. The highest BCUT2D eigenvalue weighted by atomic mass is 35.5. The number of aromatic hydroxyl groups is 2. The summed E-state index contributed by atoms with van der Waals surface area (Å²) in [5, 5.41) is 20.1. The van der Waals surface area contributed by atoms with E-state index in [4.69, 9.17) is 16.6 Å². The Balaban J connectivity index is 1.51. The zero-order valence-corrected chi connectivity index (χ0v) is 14.8. The van der Waals surface area contributed by atoms with E-state index in [1.54, 1.807) is 12.1 Å². The van der Waals surface area contributed by atoms with Crippen LogP contribution in [-0.4, -0.2) is 31.6 Å². The Kier molecular flexibility index (Phi) is 4.49. The molecule has 0 bridgehead atoms. The fourth-order valence-corrected chi connectivity index (χ4v) is 3.30. The molecule has 4 rings (SSSR count). The zero-order valence-electron chi connectivity index (χ0n) is 14.1. The lowest BCUT2D eigenvalue weighted by Gasteiger charge is -2.28. The number of rotatable bonds is 3. The highest BCUT2D eigenvalue weighted by Crippen LogP contribution is 2.27. The predicted molar refractivity (Wildman–Crippen MR) is 100 cm³/mol. The summed E-state index contributed by atoms with van der Waals surface area (Å²) in [6.45, 7) is 2.20. The number of halogens is 1. The first kappa shape index (κ1) is 16.8. The molecule has 1 aromatic heterocycles. The van der Waals surface area contributed by atoms with E-state index in [1.165, 1.54) is 6.07 Å². The summed E-state index contributed by atoms with van der Waals surface area (Å²) < 4.78 is 0. The van der Waals surface area contributed by atoms with E-state index in [0.717, 1.165) is 41.9 Å². The van der Waals surface area contributed by atoms with Crippen LogP contribution in [0.25, 0.3) is 11.4 Å². The number of phenols is 2. The maximum atomic E-state index is 9.98. The fraction of sp³-hybridized carbons (Fsp3) is 0.200. The molecule has 0 radical (unpaired) electrons. The van der Waals surface area contributed by atoms with Gasteiger partial charge in [0.15, 0.2) is 5.82 Å². The van der Waals surface area contributed by atoms with Gasteiger partial charge in [-0.3, -0.25) is 4.90 Å². The average molecular weight is 368 g/mol. The summed E-state index contributed by atoms with van der Waals surface area (Å²) in [5.74, 6) is 0.897. The third-order valence-electron chi connectivity index (χ3n) is 4.58. The monoisotopic (exact) mass is 367 g/mol. The Labute approximate surface area is 156 Å². The summed E-state index contributed by atoms with van der Waals surface area (Å²) in [6, 6.07) is 12.2. The molecule has 1 aliphatic rings. The van der Waals surface area contributed by atoms with Gasteiger partial charge in [-0.15, -0.1) is 0 Å². The van der Waals surface area contributed by atoms with Crippen molar-refractivity contribution in [3.8, 4) is 22.9 Å². The Bertz CT molecular complexity index is 944. The molecule has 2 aromatic carbocycles. The molecule has 0 amide bonds. The Morgan fingerprint density at radius 3 is 2.65 bits per heavy atom. The quantitative estimate of drug-likeness (QED) is 0.737. The van der Waals surface area contributed by atoms with Gasteiger partial charge in [0.1, 0.15) is 11.5 Å². The molecule has 2 N–H and O–H groups in total. The third-order valence-corrected chi connectivity index (χ3v) is 4.83. The van der Waals surface area contributed by atoms with Gasteiger partial charge in [0.2, 0.25) is 0 Å². The standard InChI is InChI=1S/C20H18ClN3O2/c21-16-4-1-13(2-5-16)20-22-10-15-12-24(8-7-18(15)23-20)11-14-3-6-17(25)9-19(14)26/h1-6,9-10,25-26H,7-8,11-12H2. The first-order chi connectivity index (χ1) is 12.6. The van der Waals surface area contributed by atoms with Crippen molar-refractivity contribution in [2.24, 2.45) is 0 Å². The van der Waals surface area contributed by atoms with Crippen LogP contribution in [-0.2, 0) is 19.5 Å². The molecular formula is C20H18ClN3O2. The minimum atomic E-state index is 0.0679.